The third kappa shape index (κ3) is 5.06. The number of nitrogens with one attached hydrogen (secondary N) is 1. The van der Waals surface area contributed by atoms with Crippen LogP contribution < -0.4 is 9.47 Å². The van der Waals surface area contributed by atoms with Crippen molar-refractivity contribution >= 4 is 16.8 Å². The Kier molecular flexibility index (Phi) is 7.43. The first kappa shape index (κ1) is 25.6. The fourth-order valence-corrected chi connectivity index (χ4v) is 6.21. The Labute approximate surface area is 220 Å². The first-order chi connectivity index (χ1) is 17.9. The van der Waals surface area contributed by atoms with Crippen molar-refractivity contribution in [3.8, 4) is 22.6 Å². The van der Waals surface area contributed by atoms with Crippen LogP contribution in [0.5, 0.6) is 11.5 Å². The van der Waals surface area contributed by atoms with E-state index in [1.807, 2.05) is 32.2 Å². The van der Waals surface area contributed by atoms with Crippen molar-refractivity contribution in [3.63, 3.8) is 0 Å². The first-order valence-electron chi connectivity index (χ1n) is 13.6. The molecule has 4 heterocycles. The average molecular weight is 505 g/mol. The number of ether oxygens (including phenoxy) is 2. The van der Waals surface area contributed by atoms with Crippen molar-refractivity contribution in [2.24, 2.45) is 5.92 Å². The lowest BCUT2D eigenvalue weighted by Gasteiger charge is -2.42. The highest BCUT2D eigenvalue weighted by Crippen LogP contribution is 2.39. The van der Waals surface area contributed by atoms with Gasteiger partial charge in [-0.15, -0.1) is 0 Å². The molecule has 7 nitrogen and oxygen atoms in total. The SMILES string of the molecule is COc1ccc(-c2c(C)[nH]c3cnc(C4CCN(C5CCN(C(=O)C(C)C)CC5)CC4)cc23)cc1OC. The molecule has 0 saturated carbocycles. The monoisotopic (exact) mass is 504 g/mol. The summed E-state index contributed by atoms with van der Waals surface area (Å²) in [6.07, 6.45) is 6.42. The smallest absolute Gasteiger partial charge is 0.225 e. The number of benzene rings is 1. The van der Waals surface area contributed by atoms with Gasteiger partial charge in [0, 0.05) is 53.3 Å². The van der Waals surface area contributed by atoms with Crippen molar-refractivity contribution in [1.29, 1.82) is 0 Å². The molecule has 198 valence electrons. The summed E-state index contributed by atoms with van der Waals surface area (Å²) in [5, 5.41) is 1.21. The lowest BCUT2D eigenvalue weighted by Crippen LogP contribution is -2.49. The highest BCUT2D eigenvalue weighted by molar-refractivity contribution is 5.97. The van der Waals surface area contributed by atoms with E-state index < -0.39 is 0 Å². The maximum absolute atomic E-state index is 12.3. The minimum Gasteiger partial charge on any atom is -0.493 e. The van der Waals surface area contributed by atoms with Gasteiger partial charge in [-0.1, -0.05) is 19.9 Å². The number of hydrogen-bond donors (Lipinski definition) is 1. The van der Waals surface area contributed by atoms with E-state index in [4.69, 9.17) is 14.5 Å². The number of nitrogens with zero attached hydrogens (tertiary/aromatic N) is 3. The van der Waals surface area contributed by atoms with Gasteiger partial charge in [0.2, 0.25) is 5.91 Å². The van der Waals surface area contributed by atoms with E-state index in [9.17, 15) is 4.79 Å². The molecule has 0 radical (unpaired) electrons. The third-order valence-corrected chi connectivity index (χ3v) is 8.30. The van der Waals surface area contributed by atoms with Gasteiger partial charge in [-0.3, -0.25) is 9.78 Å². The number of piperidine rings is 2. The first-order valence-corrected chi connectivity index (χ1v) is 13.6. The number of pyridine rings is 1. The fraction of sp³-hybridized carbons (Fsp3) is 0.533. The maximum Gasteiger partial charge on any atom is 0.225 e. The summed E-state index contributed by atoms with van der Waals surface area (Å²) in [4.78, 5) is 25.5. The topological polar surface area (TPSA) is 70.7 Å². The Bertz CT molecular complexity index is 1250. The van der Waals surface area contributed by atoms with Crippen molar-refractivity contribution in [1.82, 2.24) is 19.8 Å². The van der Waals surface area contributed by atoms with Crippen molar-refractivity contribution < 1.29 is 14.3 Å². The molecule has 1 aromatic carbocycles. The van der Waals surface area contributed by atoms with Crippen LogP contribution in [-0.2, 0) is 4.79 Å². The predicted octanol–water partition coefficient (Wildman–Crippen LogP) is 5.38. The van der Waals surface area contributed by atoms with Gasteiger partial charge in [-0.2, -0.15) is 0 Å². The molecule has 0 bridgehead atoms. The van der Waals surface area contributed by atoms with E-state index in [2.05, 4.69) is 33.8 Å². The maximum atomic E-state index is 12.3. The van der Waals surface area contributed by atoms with Crippen LogP contribution in [0.3, 0.4) is 0 Å². The summed E-state index contributed by atoms with van der Waals surface area (Å²) in [5.74, 6) is 2.32. The van der Waals surface area contributed by atoms with E-state index >= 15 is 0 Å². The number of rotatable bonds is 6. The van der Waals surface area contributed by atoms with Gasteiger partial charge in [-0.25, -0.2) is 0 Å². The van der Waals surface area contributed by atoms with Gasteiger partial charge in [-0.05, 0) is 69.5 Å². The van der Waals surface area contributed by atoms with E-state index in [0.717, 1.165) is 80.1 Å². The number of fused-ring (bicyclic) bond motifs is 1. The molecular formula is C30H40N4O3. The molecule has 1 amide bonds. The van der Waals surface area contributed by atoms with Gasteiger partial charge >= 0.3 is 0 Å². The predicted molar refractivity (Wildman–Crippen MR) is 147 cm³/mol. The molecule has 37 heavy (non-hydrogen) atoms. The molecule has 0 aliphatic carbocycles. The lowest BCUT2D eigenvalue weighted by atomic mass is 9.90. The molecule has 2 aliphatic rings. The van der Waals surface area contributed by atoms with Crippen LogP contribution in [0.15, 0.2) is 30.5 Å². The minimum absolute atomic E-state index is 0.0909. The number of hydrogen-bond acceptors (Lipinski definition) is 5. The van der Waals surface area contributed by atoms with Gasteiger partial charge in [0.15, 0.2) is 11.5 Å². The molecule has 3 aromatic rings. The number of aromatic nitrogens is 2. The number of likely N-dealkylation sites (tertiary alicyclic amines) is 2. The number of carbonyl (C=O) groups excluding carboxylic acids is 1. The molecular weight excluding hydrogens is 464 g/mol. The summed E-state index contributed by atoms with van der Waals surface area (Å²) in [7, 11) is 3.33. The Balaban J connectivity index is 1.29. The Morgan fingerprint density at radius 2 is 1.70 bits per heavy atom. The molecule has 2 aliphatic heterocycles. The van der Waals surface area contributed by atoms with Crippen molar-refractivity contribution in [2.75, 3.05) is 40.4 Å². The summed E-state index contributed by atoms with van der Waals surface area (Å²) in [6.45, 7) is 10.1. The van der Waals surface area contributed by atoms with Crippen LogP contribution in [0.1, 0.15) is 56.8 Å². The van der Waals surface area contributed by atoms with Gasteiger partial charge in [0.25, 0.3) is 0 Å². The third-order valence-electron chi connectivity index (χ3n) is 8.30. The van der Waals surface area contributed by atoms with E-state index in [1.54, 1.807) is 14.2 Å². The molecule has 5 rings (SSSR count). The molecule has 7 heteroatoms. The summed E-state index contributed by atoms with van der Waals surface area (Å²) < 4.78 is 11.0. The van der Waals surface area contributed by atoms with Gasteiger partial charge in [0.05, 0.1) is 25.9 Å². The molecule has 2 fully saturated rings. The van der Waals surface area contributed by atoms with E-state index in [1.165, 1.54) is 16.6 Å². The zero-order chi connectivity index (χ0) is 26.1. The second kappa shape index (κ2) is 10.7. The van der Waals surface area contributed by atoms with Gasteiger partial charge < -0.3 is 24.3 Å². The highest BCUT2D eigenvalue weighted by Gasteiger charge is 2.31. The standard InChI is InChI=1S/C30H40N4O3/c1-19(2)30(35)34-14-10-23(11-15-34)33-12-8-21(9-13-33)25-17-24-26(18-31-25)32-20(3)29(24)22-6-7-27(36-4)28(16-22)37-5/h6-7,16-19,21,23,32H,8-15H2,1-5H3. The molecule has 0 atom stereocenters. The molecule has 2 saturated heterocycles. The normalized spacial score (nSPS) is 18.1. The van der Waals surface area contributed by atoms with Crippen LogP contribution >= 0.6 is 0 Å². The number of aryl methyl sites for hydroxylation is 1. The summed E-state index contributed by atoms with van der Waals surface area (Å²) in [5.41, 5.74) is 5.67. The summed E-state index contributed by atoms with van der Waals surface area (Å²) >= 11 is 0. The summed E-state index contributed by atoms with van der Waals surface area (Å²) in [6, 6.07) is 8.99. The Morgan fingerprint density at radius 3 is 2.35 bits per heavy atom. The number of methoxy groups -OCH3 is 2. The van der Waals surface area contributed by atoms with E-state index in [0.29, 0.717) is 17.9 Å². The van der Waals surface area contributed by atoms with Crippen LogP contribution in [0.25, 0.3) is 22.0 Å². The number of H-pyrrole nitrogens is 1. The van der Waals surface area contributed by atoms with Crippen molar-refractivity contribution in [2.45, 2.75) is 58.4 Å². The van der Waals surface area contributed by atoms with Crippen LogP contribution in [0, 0.1) is 12.8 Å². The lowest BCUT2D eigenvalue weighted by molar-refractivity contribution is -0.136. The zero-order valence-electron chi connectivity index (χ0n) is 22.8. The number of amides is 1. The molecule has 0 spiro atoms. The zero-order valence-corrected chi connectivity index (χ0v) is 22.8. The van der Waals surface area contributed by atoms with Crippen LogP contribution in [-0.4, -0.2) is 72.1 Å². The Morgan fingerprint density at radius 1 is 1.00 bits per heavy atom. The highest BCUT2D eigenvalue weighted by atomic mass is 16.5. The second-order valence-corrected chi connectivity index (χ2v) is 10.9. The molecule has 2 aromatic heterocycles. The average Bonchev–Trinajstić information content (AvgIpc) is 3.27. The number of aromatic amines is 1. The van der Waals surface area contributed by atoms with Gasteiger partial charge in [0.1, 0.15) is 0 Å². The number of carbonyl (C=O) groups is 1. The second-order valence-electron chi connectivity index (χ2n) is 10.9. The van der Waals surface area contributed by atoms with Crippen LogP contribution in [0.2, 0.25) is 0 Å². The minimum atomic E-state index is 0.0909. The van der Waals surface area contributed by atoms with Crippen LogP contribution in [0.4, 0.5) is 0 Å². The molecule has 1 N–H and O–H groups in total. The van der Waals surface area contributed by atoms with Crippen molar-refractivity contribution in [3.05, 3.63) is 41.9 Å². The molecule has 0 unspecified atom stereocenters. The largest absolute Gasteiger partial charge is 0.493 e. The fourth-order valence-electron chi connectivity index (χ4n) is 6.21. The van der Waals surface area contributed by atoms with E-state index in [-0.39, 0.29) is 5.92 Å². The Hall–Kier alpha value is -3.06. The quantitative estimate of drug-likeness (QED) is 0.488.